The van der Waals surface area contributed by atoms with Crippen LogP contribution in [0.2, 0.25) is 0 Å². The third kappa shape index (κ3) is 10.2. The van der Waals surface area contributed by atoms with Crippen molar-refractivity contribution in [1.29, 1.82) is 0 Å². The molecule has 266 valence electrons. The number of benzene rings is 2. The number of amides is 4. The Balaban J connectivity index is 1.11. The van der Waals surface area contributed by atoms with Crippen molar-refractivity contribution in [3.63, 3.8) is 0 Å². The van der Waals surface area contributed by atoms with Gasteiger partial charge in [0.25, 0.3) is 0 Å². The Morgan fingerprint density at radius 2 is 1.08 bits per heavy atom. The summed E-state index contributed by atoms with van der Waals surface area (Å²) in [6.45, 7) is 3.20. The molecule has 2 saturated carbocycles. The first-order chi connectivity index (χ1) is 23.9. The number of alkyl carbamates (subject to hydrolysis) is 2. The first-order valence-electron chi connectivity index (χ1n) is 17.7. The van der Waals surface area contributed by atoms with Crippen molar-refractivity contribution in [2.24, 2.45) is 23.7 Å². The molecule has 1 aliphatic heterocycles. The Morgan fingerprint density at radius 3 is 1.55 bits per heavy atom. The van der Waals surface area contributed by atoms with Crippen LogP contribution in [0.5, 0.6) is 0 Å². The van der Waals surface area contributed by atoms with Crippen LogP contribution in [0.4, 0.5) is 9.59 Å². The number of fused-ring (bicyclic) bond motifs is 5. The monoisotopic (exact) mass is 678 g/mol. The van der Waals surface area contributed by atoms with Crippen LogP contribution >= 0.6 is 0 Å². The molecule has 2 aromatic rings. The molecule has 4 N–H and O–H groups in total. The lowest BCUT2D eigenvalue weighted by Gasteiger charge is -2.34. The Hall–Kier alpha value is -4.16. The average Bonchev–Trinajstić information content (AvgIpc) is 3.82. The molecule has 2 bridgehead atoms. The number of unbranched alkanes of at least 4 members (excludes halogenated alkanes) is 4. The third-order valence-electron chi connectivity index (χ3n) is 9.60. The molecule has 5 rings (SSSR count). The summed E-state index contributed by atoms with van der Waals surface area (Å²) in [4.78, 5) is 51.6. The van der Waals surface area contributed by atoms with Gasteiger partial charge in [-0.15, -0.1) is 0 Å². The van der Waals surface area contributed by atoms with E-state index in [2.05, 4.69) is 28.2 Å². The van der Waals surface area contributed by atoms with Crippen molar-refractivity contribution >= 4 is 24.0 Å². The van der Waals surface area contributed by atoms with Gasteiger partial charge < -0.3 is 40.2 Å². The van der Waals surface area contributed by atoms with E-state index in [9.17, 15) is 19.2 Å². The molecule has 0 radical (unpaired) electrons. The quantitative estimate of drug-likeness (QED) is 0.169. The smallest absolute Gasteiger partial charge is 0.407 e. The van der Waals surface area contributed by atoms with Crippen molar-refractivity contribution in [2.45, 2.75) is 83.6 Å². The predicted octanol–water partition coefficient (Wildman–Crippen LogP) is 4.42. The minimum Gasteiger partial charge on any atom is -0.445 e. The van der Waals surface area contributed by atoms with E-state index in [1.807, 2.05) is 60.7 Å². The molecule has 1 saturated heterocycles. The highest BCUT2D eigenvalue weighted by Crippen LogP contribution is 2.57. The van der Waals surface area contributed by atoms with Gasteiger partial charge in [-0.1, -0.05) is 93.3 Å². The molecular formula is C37H50N4O8. The first kappa shape index (κ1) is 36.1. The van der Waals surface area contributed by atoms with E-state index in [4.69, 9.17) is 18.9 Å². The van der Waals surface area contributed by atoms with Gasteiger partial charge in [0.15, 0.2) is 6.29 Å². The van der Waals surface area contributed by atoms with Crippen molar-refractivity contribution in [3.05, 3.63) is 71.8 Å². The van der Waals surface area contributed by atoms with Gasteiger partial charge in [0.2, 0.25) is 11.8 Å². The zero-order valence-electron chi connectivity index (χ0n) is 28.3. The number of rotatable bonds is 18. The van der Waals surface area contributed by atoms with Crippen LogP contribution in [0, 0.1) is 23.7 Å². The molecule has 2 aromatic carbocycles. The summed E-state index contributed by atoms with van der Waals surface area (Å²) in [7, 11) is 0. The first-order valence-corrected chi connectivity index (χ1v) is 17.7. The fourth-order valence-electron chi connectivity index (χ4n) is 7.29. The zero-order valence-corrected chi connectivity index (χ0v) is 28.3. The van der Waals surface area contributed by atoms with E-state index in [-0.39, 0.29) is 81.5 Å². The summed E-state index contributed by atoms with van der Waals surface area (Å²) in [5, 5.41) is 11.2. The maximum absolute atomic E-state index is 13.7. The standard InChI is InChI=1S/C37H50N4O8/c1-2-3-4-5-12-17-29-48-32-27-22-28(33(32)49-29)31(35(43)39-19-21-41-37(45)47-24-26-15-10-7-11-16-26)30(27)34(42)38-18-20-40-36(44)46-23-25-13-8-6-9-14-25/h6-11,13-16,27-33H,2-5,12,17-24H2,1H3,(H,38,42)(H,39,43)(H,40,44)(H,41,45). The van der Waals surface area contributed by atoms with Crippen LogP contribution in [0.15, 0.2) is 60.7 Å². The SMILES string of the molecule is CCCCCCCC1OC2C3CC(C2O1)C(C(=O)NCCNC(=O)OCc1ccccc1)C3C(=O)NCCNC(=O)OCc1ccccc1. The third-order valence-corrected chi connectivity index (χ3v) is 9.60. The number of carbonyl (C=O) groups excluding carboxylic acids is 4. The summed E-state index contributed by atoms with van der Waals surface area (Å²) in [6, 6.07) is 18.7. The van der Waals surface area contributed by atoms with Crippen LogP contribution in [0.25, 0.3) is 0 Å². The number of hydrogen-bond donors (Lipinski definition) is 4. The van der Waals surface area contributed by atoms with Gasteiger partial charge in [0.1, 0.15) is 13.2 Å². The lowest BCUT2D eigenvalue weighted by Crippen LogP contribution is -2.52. The van der Waals surface area contributed by atoms with Gasteiger partial charge in [-0.3, -0.25) is 9.59 Å². The topological polar surface area (TPSA) is 153 Å². The van der Waals surface area contributed by atoms with Gasteiger partial charge in [-0.25, -0.2) is 9.59 Å². The Kier molecular flexibility index (Phi) is 13.7. The van der Waals surface area contributed by atoms with E-state index in [1.54, 1.807) is 0 Å². The summed E-state index contributed by atoms with van der Waals surface area (Å²) in [5.41, 5.74) is 1.75. The second-order valence-corrected chi connectivity index (χ2v) is 13.0. The molecule has 4 amide bonds. The summed E-state index contributed by atoms with van der Waals surface area (Å²) >= 11 is 0. The molecule has 6 unspecified atom stereocenters. The van der Waals surface area contributed by atoms with E-state index < -0.39 is 24.0 Å². The number of carbonyl (C=O) groups is 4. The molecule has 12 heteroatoms. The van der Waals surface area contributed by atoms with E-state index in [0.717, 1.165) is 30.4 Å². The molecule has 3 fully saturated rings. The summed E-state index contributed by atoms with van der Waals surface area (Å²) < 4.78 is 23.2. The van der Waals surface area contributed by atoms with Crippen molar-refractivity contribution in [3.8, 4) is 0 Å². The number of ether oxygens (including phenoxy) is 4. The Morgan fingerprint density at radius 1 is 0.633 bits per heavy atom. The highest BCUT2D eigenvalue weighted by atomic mass is 16.7. The van der Waals surface area contributed by atoms with Crippen LogP contribution in [0.3, 0.4) is 0 Å². The molecule has 2 aliphatic carbocycles. The zero-order chi connectivity index (χ0) is 34.4. The van der Waals surface area contributed by atoms with Gasteiger partial charge in [0, 0.05) is 38.0 Å². The number of hydrogen-bond acceptors (Lipinski definition) is 8. The van der Waals surface area contributed by atoms with Crippen LogP contribution < -0.4 is 21.3 Å². The molecule has 0 aromatic heterocycles. The predicted molar refractivity (Wildman–Crippen MR) is 181 cm³/mol. The minimum absolute atomic E-state index is 0.149. The largest absolute Gasteiger partial charge is 0.445 e. The minimum atomic E-state index is -0.605. The van der Waals surface area contributed by atoms with Gasteiger partial charge >= 0.3 is 12.2 Å². The van der Waals surface area contributed by atoms with Crippen LogP contribution in [-0.4, -0.2) is 68.7 Å². The highest BCUT2D eigenvalue weighted by Gasteiger charge is 2.66. The second-order valence-electron chi connectivity index (χ2n) is 13.0. The maximum atomic E-state index is 13.7. The second kappa shape index (κ2) is 18.6. The molecule has 12 nitrogen and oxygen atoms in total. The molecule has 49 heavy (non-hydrogen) atoms. The molecule has 1 heterocycles. The molecular weight excluding hydrogens is 628 g/mol. The summed E-state index contributed by atoms with van der Waals surface area (Å²) in [6.07, 6.45) is 5.20. The van der Waals surface area contributed by atoms with Gasteiger partial charge in [-0.2, -0.15) is 0 Å². The van der Waals surface area contributed by atoms with Crippen molar-refractivity contribution in [2.75, 3.05) is 26.2 Å². The summed E-state index contributed by atoms with van der Waals surface area (Å²) in [5.74, 6) is -2.03. The van der Waals surface area contributed by atoms with Crippen LogP contribution in [0.1, 0.15) is 63.0 Å². The van der Waals surface area contributed by atoms with Crippen LogP contribution in [-0.2, 0) is 41.8 Å². The van der Waals surface area contributed by atoms with E-state index in [1.165, 1.54) is 19.3 Å². The Bertz CT molecular complexity index is 1270. The molecule has 6 atom stereocenters. The average molecular weight is 679 g/mol. The lowest BCUT2D eigenvalue weighted by atomic mass is 9.75. The van der Waals surface area contributed by atoms with Crippen molar-refractivity contribution < 1.29 is 38.1 Å². The normalized spacial score (nSPS) is 24.9. The number of nitrogens with one attached hydrogen (secondary N) is 4. The fourth-order valence-corrected chi connectivity index (χ4v) is 7.29. The maximum Gasteiger partial charge on any atom is 0.407 e. The van der Waals surface area contributed by atoms with Gasteiger partial charge in [0.05, 0.1) is 24.0 Å². The van der Waals surface area contributed by atoms with Gasteiger partial charge in [-0.05, 0) is 30.4 Å². The highest BCUT2D eigenvalue weighted by molar-refractivity contribution is 5.89. The lowest BCUT2D eigenvalue weighted by molar-refractivity contribution is -0.140. The fraction of sp³-hybridized carbons (Fsp3) is 0.568. The van der Waals surface area contributed by atoms with E-state index >= 15 is 0 Å². The van der Waals surface area contributed by atoms with E-state index in [0.29, 0.717) is 6.42 Å². The molecule has 0 spiro atoms. The van der Waals surface area contributed by atoms with Crippen molar-refractivity contribution in [1.82, 2.24) is 21.3 Å². The molecule has 3 aliphatic rings. The Labute approximate surface area is 288 Å².